The molecule has 0 saturated carbocycles. The summed E-state index contributed by atoms with van der Waals surface area (Å²) in [7, 11) is 0. The first-order chi connectivity index (χ1) is 11.5. The number of likely N-dealkylation sites (tertiary alicyclic amines) is 1. The second kappa shape index (κ2) is 12.2. The smallest absolute Gasteiger partial charge is 0.303 e. The molecule has 5 nitrogen and oxygen atoms in total. The molecular formula is C19H33NO4. The number of Topliss-reactive ketones (excluding diaryl/α,β-unsaturated/α-hetero) is 1. The number of rotatable bonds is 13. The second-order valence-electron chi connectivity index (χ2n) is 6.70. The summed E-state index contributed by atoms with van der Waals surface area (Å²) in [4.78, 5) is 24.7. The lowest BCUT2D eigenvalue weighted by molar-refractivity contribution is -0.137. The van der Waals surface area contributed by atoms with Gasteiger partial charge >= 0.3 is 5.97 Å². The fourth-order valence-corrected chi connectivity index (χ4v) is 3.13. The predicted octanol–water partition coefficient (Wildman–Crippen LogP) is 3.16. The third kappa shape index (κ3) is 8.60. The van der Waals surface area contributed by atoms with Crippen LogP contribution in [-0.2, 0) is 9.59 Å². The topological polar surface area (TPSA) is 77.8 Å². The second-order valence-corrected chi connectivity index (χ2v) is 6.70. The monoisotopic (exact) mass is 339 g/mol. The summed E-state index contributed by atoms with van der Waals surface area (Å²) in [5.41, 5.74) is 0. The molecule has 1 aliphatic heterocycles. The van der Waals surface area contributed by atoms with E-state index in [-0.39, 0.29) is 24.3 Å². The first kappa shape index (κ1) is 20.8. The number of aliphatic hydroxyl groups is 1. The van der Waals surface area contributed by atoms with E-state index < -0.39 is 5.97 Å². The van der Waals surface area contributed by atoms with Crippen molar-refractivity contribution in [3.8, 4) is 0 Å². The van der Waals surface area contributed by atoms with Gasteiger partial charge in [-0.15, -0.1) is 0 Å². The van der Waals surface area contributed by atoms with Crippen LogP contribution >= 0.6 is 0 Å². The van der Waals surface area contributed by atoms with Crippen LogP contribution in [0.25, 0.3) is 0 Å². The molecule has 5 heteroatoms. The van der Waals surface area contributed by atoms with Crippen LogP contribution in [0, 0.1) is 0 Å². The number of hydrogen-bond donors (Lipinski definition) is 2. The number of carboxylic acid groups (broad SMARTS) is 1. The Kier molecular flexibility index (Phi) is 10.6. The van der Waals surface area contributed by atoms with E-state index in [0.29, 0.717) is 19.3 Å². The fourth-order valence-electron chi connectivity index (χ4n) is 3.13. The summed E-state index contributed by atoms with van der Waals surface area (Å²) in [6.07, 6.45) is 11.5. The van der Waals surface area contributed by atoms with Crippen LogP contribution in [0.3, 0.4) is 0 Å². The maximum atomic E-state index is 12.0. The van der Waals surface area contributed by atoms with Gasteiger partial charge in [0, 0.05) is 25.9 Å². The SMILES string of the molecule is CCCCCC(O)CCN1CCC(=O)[C@@H]1C/C=C\CCCC(=O)O. The minimum absolute atomic E-state index is 0.0661. The summed E-state index contributed by atoms with van der Waals surface area (Å²) < 4.78 is 0. The lowest BCUT2D eigenvalue weighted by Crippen LogP contribution is -2.34. The van der Waals surface area contributed by atoms with Crippen molar-refractivity contribution in [3.05, 3.63) is 12.2 Å². The first-order valence-electron chi connectivity index (χ1n) is 9.36. The van der Waals surface area contributed by atoms with Crippen LogP contribution < -0.4 is 0 Å². The van der Waals surface area contributed by atoms with Gasteiger partial charge in [0.1, 0.15) is 0 Å². The number of hydrogen-bond acceptors (Lipinski definition) is 4. The molecule has 1 heterocycles. The summed E-state index contributed by atoms with van der Waals surface area (Å²) in [5.74, 6) is -0.483. The predicted molar refractivity (Wildman–Crippen MR) is 95.0 cm³/mol. The Morgan fingerprint density at radius 2 is 2.08 bits per heavy atom. The van der Waals surface area contributed by atoms with Gasteiger partial charge < -0.3 is 10.2 Å². The highest BCUT2D eigenvalue weighted by atomic mass is 16.4. The van der Waals surface area contributed by atoms with Crippen LogP contribution in [0.4, 0.5) is 0 Å². The van der Waals surface area contributed by atoms with Crippen LogP contribution in [0.1, 0.15) is 71.1 Å². The molecule has 2 N–H and O–H groups in total. The highest BCUT2D eigenvalue weighted by molar-refractivity contribution is 5.86. The maximum absolute atomic E-state index is 12.0. The molecule has 1 unspecified atom stereocenters. The van der Waals surface area contributed by atoms with Crippen LogP contribution in [-0.4, -0.2) is 52.1 Å². The first-order valence-corrected chi connectivity index (χ1v) is 9.36. The van der Waals surface area contributed by atoms with E-state index in [4.69, 9.17) is 5.11 Å². The average Bonchev–Trinajstić information content (AvgIpc) is 2.89. The Morgan fingerprint density at radius 3 is 2.79 bits per heavy atom. The number of allylic oxidation sites excluding steroid dienone is 1. The molecule has 0 radical (unpaired) electrons. The lowest BCUT2D eigenvalue weighted by atomic mass is 10.1. The zero-order valence-corrected chi connectivity index (χ0v) is 15.0. The van der Waals surface area contributed by atoms with Gasteiger partial charge in [-0.2, -0.15) is 0 Å². The van der Waals surface area contributed by atoms with Crippen molar-refractivity contribution >= 4 is 11.8 Å². The Bertz CT molecular complexity index is 408. The Morgan fingerprint density at radius 1 is 1.29 bits per heavy atom. The average molecular weight is 339 g/mol. The van der Waals surface area contributed by atoms with Crippen LogP contribution in [0.2, 0.25) is 0 Å². The van der Waals surface area contributed by atoms with Crippen LogP contribution in [0.15, 0.2) is 12.2 Å². The summed E-state index contributed by atoms with van der Waals surface area (Å²) in [5, 5.41) is 18.6. The molecular weight excluding hydrogens is 306 g/mol. The molecule has 138 valence electrons. The third-order valence-electron chi connectivity index (χ3n) is 4.64. The molecule has 2 atom stereocenters. The lowest BCUT2D eigenvalue weighted by Gasteiger charge is -2.23. The highest BCUT2D eigenvalue weighted by Crippen LogP contribution is 2.19. The molecule has 0 aromatic heterocycles. The molecule has 0 bridgehead atoms. The van der Waals surface area contributed by atoms with Gasteiger partial charge in [0.2, 0.25) is 0 Å². The van der Waals surface area contributed by atoms with Gasteiger partial charge in [-0.3, -0.25) is 14.5 Å². The van der Waals surface area contributed by atoms with E-state index in [1.165, 1.54) is 0 Å². The summed E-state index contributed by atoms with van der Waals surface area (Å²) in [6, 6.07) is -0.0661. The number of ketones is 1. The molecule has 0 aromatic rings. The molecule has 1 fully saturated rings. The number of nitrogens with zero attached hydrogens (tertiary/aromatic N) is 1. The zero-order valence-electron chi connectivity index (χ0n) is 15.0. The molecule has 1 saturated heterocycles. The standard InChI is InChI=1S/C19H33NO4/c1-2-3-6-9-16(21)12-14-20-15-13-18(22)17(20)10-7-4-5-8-11-19(23)24/h4,7,16-17,21H,2-3,5-6,8-15H2,1H3,(H,23,24)/b7-4-/t16?,17-/m0/s1. The van der Waals surface area contributed by atoms with Crippen molar-refractivity contribution in [2.75, 3.05) is 13.1 Å². The molecule has 0 amide bonds. The number of aliphatic carboxylic acids is 1. The molecule has 24 heavy (non-hydrogen) atoms. The minimum Gasteiger partial charge on any atom is -0.481 e. The maximum Gasteiger partial charge on any atom is 0.303 e. The van der Waals surface area contributed by atoms with Gasteiger partial charge in [-0.05, 0) is 32.1 Å². The van der Waals surface area contributed by atoms with Gasteiger partial charge in [0.05, 0.1) is 12.1 Å². The van der Waals surface area contributed by atoms with Gasteiger partial charge in [-0.1, -0.05) is 38.3 Å². The molecule has 1 aliphatic rings. The highest BCUT2D eigenvalue weighted by Gasteiger charge is 2.31. The van der Waals surface area contributed by atoms with E-state index >= 15 is 0 Å². The number of unbranched alkanes of at least 4 members (excludes halogenated alkanes) is 3. The van der Waals surface area contributed by atoms with E-state index in [0.717, 1.165) is 51.6 Å². The third-order valence-corrected chi connectivity index (χ3v) is 4.64. The number of carbonyl (C=O) groups excluding carboxylic acids is 1. The van der Waals surface area contributed by atoms with Gasteiger partial charge in [0.25, 0.3) is 0 Å². The van der Waals surface area contributed by atoms with E-state index in [1.807, 2.05) is 12.2 Å². The molecule has 0 aliphatic carbocycles. The van der Waals surface area contributed by atoms with Gasteiger partial charge in [0.15, 0.2) is 5.78 Å². The molecule has 1 rings (SSSR count). The quantitative estimate of drug-likeness (QED) is 0.398. The van der Waals surface area contributed by atoms with Crippen molar-refractivity contribution in [2.24, 2.45) is 0 Å². The van der Waals surface area contributed by atoms with Crippen molar-refractivity contribution in [1.82, 2.24) is 4.90 Å². The van der Waals surface area contributed by atoms with Crippen molar-refractivity contribution < 1.29 is 19.8 Å². The Balaban J connectivity index is 2.27. The Hall–Kier alpha value is -1.20. The summed E-state index contributed by atoms with van der Waals surface area (Å²) >= 11 is 0. The van der Waals surface area contributed by atoms with E-state index in [2.05, 4.69) is 11.8 Å². The van der Waals surface area contributed by atoms with E-state index in [1.54, 1.807) is 0 Å². The normalized spacial score (nSPS) is 20.1. The summed E-state index contributed by atoms with van der Waals surface area (Å²) in [6.45, 7) is 3.72. The largest absolute Gasteiger partial charge is 0.481 e. The van der Waals surface area contributed by atoms with Crippen molar-refractivity contribution in [1.29, 1.82) is 0 Å². The Labute approximate surface area is 145 Å². The van der Waals surface area contributed by atoms with Gasteiger partial charge in [-0.25, -0.2) is 0 Å². The molecule has 0 spiro atoms. The van der Waals surface area contributed by atoms with E-state index in [9.17, 15) is 14.7 Å². The number of aliphatic hydroxyl groups excluding tert-OH is 1. The zero-order chi connectivity index (χ0) is 17.8. The van der Waals surface area contributed by atoms with Crippen molar-refractivity contribution in [2.45, 2.75) is 83.3 Å². The fraction of sp³-hybridized carbons (Fsp3) is 0.789. The van der Waals surface area contributed by atoms with Crippen molar-refractivity contribution in [3.63, 3.8) is 0 Å². The molecule has 0 aromatic carbocycles. The number of carboxylic acids is 1. The van der Waals surface area contributed by atoms with Crippen LogP contribution in [0.5, 0.6) is 0 Å². The number of carbonyl (C=O) groups is 2. The minimum atomic E-state index is -0.766.